The number of urea groups is 1. The smallest absolute Gasteiger partial charge is 0.337 e. The topological polar surface area (TPSA) is 78.4 Å². The molecule has 3 N–H and O–H groups in total. The molecule has 0 aromatic heterocycles. The molecule has 0 aliphatic heterocycles. The maximum atomic E-state index is 11.9. The molecule has 2 amide bonds. The Labute approximate surface area is 112 Å². The fourth-order valence-corrected chi connectivity index (χ4v) is 2.20. The molecular weight excluding hydrogens is 244 g/mol. The van der Waals surface area contributed by atoms with Gasteiger partial charge in [0.1, 0.15) is 0 Å². The lowest BCUT2D eigenvalue weighted by Gasteiger charge is -2.39. The van der Waals surface area contributed by atoms with Gasteiger partial charge in [0.25, 0.3) is 0 Å². The van der Waals surface area contributed by atoms with Crippen molar-refractivity contribution in [1.29, 1.82) is 0 Å². The van der Waals surface area contributed by atoms with Crippen LogP contribution in [0.25, 0.3) is 0 Å². The van der Waals surface area contributed by atoms with Gasteiger partial charge in [-0.25, -0.2) is 9.59 Å². The molecule has 1 fully saturated rings. The molecule has 0 heterocycles. The second-order valence-corrected chi connectivity index (χ2v) is 5.35. The summed E-state index contributed by atoms with van der Waals surface area (Å²) in [5.41, 5.74) is 1.11. The Morgan fingerprint density at radius 1 is 1.32 bits per heavy atom. The second-order valence-electron chi connectivity index (χ2n) is 5.35. The molecule has 1 saturated carbocycles. The Bertz CT molecular complexity index is 521. The molecule has 5 nitrogen and oxygen atoms in total. The second kappa shape index (κ2) is 4.91. The zero-order valence-corrected chi connectivity index (χ0v) is 11.1. The molecule has 0 bridgehead atoms. The van der Waals surface area contributed by atoms with E-state index in [1.165, 1.54) is 0 Å². The van der Waals surface area contributed by atoms with Crippen molar-refractivity contribution >= 4 is 17.7 Å². The summed E-state index contributed by atoms with van der Waals surface area (Å²) >= 11 is 0. The fraction of sp³-hybridized carbons (Fsp3) is 0.429. The molecule has 0 saturated heterocycles. The highest BCUT2D eigenvalue weighted by molar-refractivity contribution is 6.00. The fourth-order valence-electron chi connectivity index (χ4n) is 2.20. The van der Waals surface area contributed by atoms with E-state index >= 15 is 0 Å². The van der Waals surface area contributed by atoms with Crippen molar-refractivity contribution in [2.75, 3.05) is 5.32 Å². The molecule has 0 spiro atoms. The maximum absolute atomic E-state index is 11.9. The van der Waals surface area contributed by atoms with Gasteiger partial charge in [0.15, 0.2) is 0 Å². The van der Waals surface area contributed by atoms with Crippen LogP contribution in [-0.4, -0.2) is 22.6 Å². The van der Waals surface area contributed by atoms with E-state index in [4.69, 9.17) is 5.11 Å². The first kappa shape index (κ1) is 13.4. The Balaban J connectivity index is 2.10. The van der Waals surface area contributed by atoms with Crippen molar-refractivity contribution in [2.24, 2.45) is 0 Å². The number of nitrogens with one attached hydrogen (secondary N) is 2. The summed E-state index contributed by atoms with van der Waals surface area (Å²) in [4.78, 5) is 23.0. The Kier molecular flexibility index (Phi) is 3.46. The Hall–Kier alpha value is -2.04. The summed E-state index contributed by atoms with van der Waals surface area (Å²) in [7, 11) is 0. The third-order valence-electron chi connectivity index (χ3n) is 3.53. The highest BCUT2D eigenvalue weighted by Crippen LogP contribution is 2.31. The molecule has 19 heavy (non-hydrogen) atoms. The lowest BCUT2D eigenvalue weighted by Crippen LogP contribution is -2.52. The Morgan fingerprint density at radius 2 is 2.00 bits per heavy atom. The van der Waals surface area contributed by atoms with Gasteiger partial charge in [0, 0.05) is 5.54 Å². The number of carbonyl (C=O) groups is 2. The number of carbonyl (C=O) groups excluding carboxylic acids is 1. The zero-order chi connectivity index (χ0) is 14.0. The first-order chi connectivity index (χ1) is 8.89. The van der Waals surface area contributed by atoms with Crippen LogP contribution in [0.1, 0.15) is 42.1 Å². The first-order valence-electron chi connectivity index (χ1n) is 6.33. The molecule has 0 radical (unpaired) electrons. The van der Waals surface area contributed by atoms with E-state index in [1.807, 2.05) is 13.8 Å². The predicted molar refractivity (Wildman–Crippen MR) is 72.5 cm³/mol. The van der Waals surface area contributed by atoms with Gasteiger partial charge in [-0.05, 0) is 45.2 Å². The highest BCUT2D eigenvalue weighted by atomic mass is 16.4. The SMILES string of the molecule is Cc1ccc(NC(=O)NC2(C)CCC2)c(C(=O)O)c1. The summed E-state index contributed by atoms with van der Waals surface area (Å²) in [6, 6.07) is 4.57. The minimum absolute atomic E-state index is 0.105. The van der Waals surface area contributed by atoms with E-state index < -0.39 is 5.97 Å². The number of hydrogen-bond acceptors (Lipinski definition) is 2. The third kappa shape index (κ3) is 3.05. The minimum Gasteiger partial charge on any atom is -0.478 e. The zero-order valence-electron chi connectivity index (χ0n) is 11.1. The number of anilines is 1. The molecule has 0 atom stereocenters. The van der Waals surface area contributed by atoms with Crippen LogP contribution < -0.4 is 10.6 Å². The summed E-state index contributed by atoms with van der Waals surface area (Å²) in [6.07, 6.45) is 3.03. The number of amides is 2. The largest absolute Gasteiger partial charge is 0.478 e. The van der Waals surface area contributed by atoms with E-state index in [1.54, 1.807) is 18.2 Å². The summed E-state index contributed by atoms with van der Waals surface area (Å²) < 4.78 is 0. The van der Waals surface area contributed by atoms with Crippen LogP contribution in [0.2, 0.25) is 0 Å². The van der Waals surface area contributed by atoms with Crippen LogP contribution in [0.3, 0.4) is 0 Å². The standard InChI is InChI=1S/C14H18N2O3/c1-9-4-5-11(10(8-9)12(17)18)15-13(19)16-14(2)6-3-7-14/h4-5,8H,3,6-7H2,1-2H3,(H,17,18)(H2,15,16,19). The minimum atomic E-state index is -1.05. The molecule has 0 unspecified atom stereocenters. The molecule has 5 heteroatoms. The highest BCUT2D eigenvalue weighted by Gasteiger charge is 2.33. The van der Waals surface area contributed by atoms with E-state index in [9.17, 15) is 9.59 Å². The third-order valence-corrected chi connectivity index (χ3v) is 3.53. The number of carboxylic acid groups (broad SMARTS) is 1. The average molecular weight is 262 g/mol. The summed E-state index contributed by atoms with van der Waals surface area (Å²) in [6.45, 7) is 3.80. The van der Waals surface area contributed by atoms with Crippen LogP contribution in [-0.2, 0) is 0 Å². The van der Waals surface area contributed by atoms with E-state index in [2.05, 4.69) is 10.6 Å². The number of carboxylic acids is 1. The van der Waals surface area contributed by atoms with Crippen LogP contribution in [0.15, 0.2) is 18.2 Å². The van der Waals surface area contributed by atoms with E-state index in [0.29, 0.717) is 5.69 Å². The molecule has 2 rings (SSSR count). The van der Waals surface area contributed by atoms with Crippen molar-refractivity contribution in [3.8, 4) is 0 Å². The normalized spacial score (nSPS) is 16.3. The number of aromatic carboxylic acids is 1. The van der Waals surface area contributed by atoms with Gasteiger partial charge in [0.05, 0.1) is 11.3 Å². The molecular formula is C14H18N2O3. The lowest BCUT2D eigenvalue weighted by atomic mass is 9.79. The average Bonchev–Trinajstić information content (AvgIpc) is 2.29. The molecule has 1 aliphatic rings. The van der Waals surface area contributed by atoms with E-state index in [0.717, 1.165) is 24.8 Å². The van der Waals surface area contributed by atoms with Crippen LogP contribution in [0.5, 0.6) is 0 Å². The van der Waals surface area contributed by atoms with Gasteiger partial charge in [-0.15, -0.1) is 0 Å². The first-order valence-corrected chi connectivity index (χ1v) is 6.33. The van der Waals surface area contributed by atoms with Gasteiger partial charge in [0.2, 0.25) is 0 Å². The number of hydrogen-bond donors (Lipinski definition) is 3. The Morgan fingerprint density at radius 3 is 2.53 bits per heavy atom. The van der Waals surface area contributed by atoms with Crippen molar-refractivity contribution < 1.29 is 14.7 Å². The quantitative estimate of drug-likeness (QED) is 0.783. The van der Waals surface area contributed by atoms with Crippen molar-refractivity contribution in [1.82, 2.24) is 5.32 Å². The van der Waals surface area contributed by atoms with Crippen molar-refractivity contribution in [3.63, 3.8) is 0 Å². The number of aryl methyl sites for hydroxylation is 1. The van der Waals surface area contributed by atoms with Gasteiger partial charge in [-0.3, -0.25) is 0 Å². The predicted octanol–water partition coefficient (Wildman–Crippen LogP) is 2.76. The van der Waals surface area contributed by atoms with Gasteiger partial charge in [-0.1, -0.05) is 11.6 Å². The molecule has 1 aromatic carbocycles. The summed E-state index contributed by atoms with van der Waals surface area (Å²) in [5, 5.41) is 14.6. The van der Waals surface area contributed by atoms with Gasteiger partial charge < -0.3 is 15.7 Å². The molecule has 1 aromatic rings. The lowest BCUT2D eigenvalue weighted by molar-refractivity contribution is 0.0698. The van der Waals surface area contributed by atoms with E-state index in [-0.39, 0.29) is 17.1 Å². The maximum Gasteiger partial charge on any atom is 0.337 e. The molecule has 1 aliphatic carbocycles. The number of rotatable bonds is 3. The van der Waals surface area contributed by atoms with Crippen LogP contribution >= 0.6 is 0 Å². The molecule has 102 valence electrons. The van der Waals surface area contributed by atoms with Crippen molar-refractivity contribution in [3.05, 3.63) is 29.3 Å². The van der Waals surface area contributed by atoms with Crippen molar-refractivity contribution in [2.45, 2.75) is 38.6 Å². The van der Waals surface area contributed by atoms with Crippen LogP contribution in [0, 0.1) is 6.92 Å². The monoisotopic (exact) mass is 262 g/mol. The summed E-state index contributed by atoms with van der Waals surface area (Å²) in [5.74, 6) is -1.05. The van der Waals surface area contributed by atoms with Gasteiger partial charge >= 0.3 is 12.0 Å². The number of benzene rings is 1. The van der Waals surface area contributed by atoms with Gasteiger partial charge in [-0.2, -0.15) is 0 Å². The van der Waals surface area contributed by atoms with Crippen LogP contribution in [0.4, 0.5) is 10.5 Å².